The molecule has 9 fully saturated rings. The van der Waals surface area contributed by atoms with Gasteiger partial charge in [-0.2, -0.15) is 0 Å². The van der Waals surface area contributed by atoms with E-state index in [9.17, 15) is 43.2 Å². The molecule has 0 unspecified atom stereocenters. The predicted octanol–water partition coefficient (Wildman–Crippen LogP) is 12.0. The molecule has 0 bridgehead atoms. The van der Waals surface area contributed by atoms with E-state index in [0.717, 1.165) is 71.9 Å². The van der Waals surface area contributed by atoms with Gasteiger partial charge in [-0.05, 0) is 128 Å². The van der Waals surface area contributed by atoms with Gasteiger partial charge in [0.2, 0.25) is 0 Å². The molecular weight excluding hydrogens is 1750 g/mol. The minimum absolute atomic E-state index is 0.00785. The molecule has 0 aliphatic carbocycles. The van der Waals surface area contributed by atoms with Gasteiger partial charge >= 0.3 is 53.7 Å². The highest BCUT2D eigenvalue weighted by molar-refractivity contribution is 5.78. The Bertz CT molecular complexity index is 6860. The number of carbonyl (C=O) groups excluding carboxylic acids is 9. The van der Waals surface area contributed by atoms with Crippen LogP contribution in [0.15, 0.2) is 113 Å². The topological polar surface area (TPSA) is 397 Å². The van der Waals surface area contributed by atoms with E-state index >= 15 is 0 Å². The Labute approximate surface area is 853 Å². The molecule has 9 aromatic heterocycles. The molecule has 0 radical (unpaired) electrons. The Balaban J connectivity index is 0.000000228. The number of rotatable bonds is 25. The van der Waals surface area contributed by atoms with E-state index in [1.807, 2.05) is 82.1 Å². The van der Waals surface area contributed by atoms with E-state index in [0.29, 0.717) is 62.0 Å². The zero-order chi connectivity index (χ0) is 129. The maximum atomic E-state index is 11.9. The Morgan fingerprint density at radius 3 is 0.898 bits per heavy atom. The van der Waals surface area contributed by atoms with Gasteiger partial charge in [-0.3, -0.25) is 43.2 Å². The first kappa shape index (κ1) is 70.7. The lowest BCUT2D eigenvalue weighted by Crippen LogP contribution is -2.18. The summed E-state index contributed by atoms with van der Waals surface area (Å²) in [6.07, 6.45) is 25.9. The summed E-state index contributed by atoms with van der Waals surface area (Å²) in [5.41, 5.74) is 6.42. The van der Waals surface area contributed by atoms with E-state index in [1.165, 1.54) is 47.8 Å². The van der Waals surface area contributed by atoms with E-state index in [-0.39, 0.29) is 120 Å². The number of hydrogen-bond acceptors (Lipinski definition) is 27. The Morgan fingerprint density at radius 1 is 0.307 bits per heavy atom. The monoisotopic (exact) mass is 1940 g/mol. The fraction of sp³-hybridized carbons (Fsp3) is 0.644. The lowest BCUT2D eigenvalue weighted by molar-refractivity contribution is -0.142. The summed E-state index contributed by atoms with van der Waals surface area (Å²) in [5, 5.41) is 0. The molecule has 18 heterocycles. The first-order chi connectivity index (χ1) is 78.1. The van der Waals surface area contributed by atoms with E-state index in [4.69, 9.17) is 73.7 Å². The van der Waals surface area contributed by atoms with Crippen molar-refractivity contribution in [1.82, 2.24) is 86.0 Å². The zero-order valence-corrected chi connectivity index (χ0v) is 80.8. The number of hydrogen-bond donors (Lipinski definition) is 0. The molecule has 17 atom stereocenters. The van der Waals surface area contributed by atoms with Crippen molar-refractivity contribution in [2.24, 2.45) is 158 Å². The van der Waals surface area contributed by atoms with Crippen LogP contribution in [-0.4, -0.2) is 199 Å². The number of aryl methyl sites for hydroxylation is 11. The summed E-state index contributed by atoms with van der Waals surface area (Å²) in [7, 11) is 11.0. The third-order valence-corrected chi connectivity index (χ3v) is 23.1. The van der Waals surface area contributed by atoms with Crippen LogP contribution in [0, 0.1) is 94.4 Å². The quantitative estimate of drug-likeness (QED) is 0.0379. The average molecular weight is 1940 g/mol. The summed E-state index contributed by atoms with van der Waals surface area (Å²) in [4.78, 5) is 138. The fourth-order valence-corrected chi connectivity index (χ4v) is 14.8. The molecule has 0 spiro atoms. The highest BCUT2D eigenvalue weighted by Gasteiger charge is 2.42. The molecule has 9 aliphatic heterocycles. The van der Waals surface area contributed by atoms with Gasteiger partial charge in [0.25, 0.3) is 0 Å². The molecule has 9 saturated heterocycles. The van der Waals surface area contributed by atoms with Crippen molar-refractivity contribution in [1.29, 1.82) is 0 Å². The maximum Gasteiger partial charge on any atom is 0.309 e. The van der Waals surface area contributed by atoms with E-state index in [1.54, 1.807) is 105 Å². The highest BCUT2D eigenvalue weighted by atomic mass is 16.6. The number of cyclic esters (lactones) is 9. The van der Waals surface area contributed by atoms with Crippen molar-refractivity contribution in [2.45, 2.75) is 204 Å². The van der Waals surface area contributed by atoms with Gasteiger partial charge in [-0.1, -0.05) is 76.2 Å². The molecule has 18 rings (SSSR count). The SMILES string of the molecule is CCc1cncn1C.[2H]C([2H])(C)[C@]1([2H])C(=O)OC[C@]1([2H])Cc1cncn1C.[2H]C([2H])([2H])n1cncc1CC.[2H]C([2H])([2H])n1cncc1C[C@@]1([2H])COC(=O)[C@@]1([2H])C([2H])([2H])C.[2H]C([2H])([2H])n1cncc1C[C@@]1([2H])COC(=O)[C@@]1([2H])CC.[2H]C1([2H])C[C@]([2H])(CC)C(=O)O1.[2H]C1([2H])OC(=O)[C@@H](CC)[C@H]1Cc1cncn1C.[2H]C1([2H])OC(=O)[C@@]([2H])(C([2H])([2H])C)[C@H]1Cc1cncn1C.[2H][C@@H]1COC(=O)[C@H]1CC.[2H][C@]1(Cc2cncn2C)COC(=O)[C@@]1([2H])CC.[2H][C@]1(Cc2cncn2C)COC(=O)[C@H]1CC. The molecule has 36 heteroatoms. The second-order valence-corrected chi connectivity index (χ2v) is 32.0. The molecular formula is C101H152N18O18. The fourth-order valence-electron chi connectivity index (χ4n) is 14.8. The van der Waals surface area contributed by atoms with Crippen LogP contribution in [0.4, 0.5) is 0 Å². The van der Waals surface area contributed by atoms with Gasteiger partial charge in [-0.15, -0.1) is 0 Å². The van der Waals surface area contributed by atoms with Gasteiger partial charge < -0.3 is 83.7 Å². The Morgan fingerprint density at radius 2 is 0.606 bits per heavy atom. The van der Waals surface area contributed by atoms with Crippen LogP contribution >= 0.6 is 0 Å². The largest absolute Gasteiger partial charge is 0.465 e. The molecule has 0 N–H and O–H groups in total. The second kappa shape index (κ2) is 56.7. The number of imidazole rings is 9. The molecule has 754 valence electrons. The van der Waals surface area contributed by atoms with E-state index in [2.05, 4.69) is 66.0 Å². The lowest BCUT2D eigenvalue weighted by atomic mass is 9.89. The predicted molar refractivity (Wildman–Crippen MR) is 510 cm³/mol. The van der Waals surface area contributed by atoms with Gasteiger partial charge in [0.15, 0.2) is 0 Å². The van der Waals surface area contributed by atoms with Gasteiger partial charge in [0, 0.05) is 249 Å². The molecule has 36 nitrogen and oxygen atoms in total. The molecule has 0 amide bonds. The van der Waals surface area contributed by atoms with Gasteiger partial charge in [0.05, 0.1) is 178 Å². The zero-order valence-electron chi connectivity index (χ0n) is 114. The minimum Gasteiger partial charge on any atom is -0.465 e. The lowest BCUT2D eigenvalue weighted by Gasteiger charge is -2.12. The number of esters is 9. The molecule has 0 aromatic carbocycles. The standard InChI is InChI=1S/7C11H16N2O2.2C6H10N2.2C6H10O2/c7*1-3-10-8(6-15-11(10)14)4-9-5-12-7-13(9)2;2*1-3-6-4-7-5-8(6)2;2*1-2-5-3-4-8-6(5)7/h7*5,7-8,10H,3-4,6H2,1-2H3;2*4-5H,3H2,1-2H3;2*5H,2-4H2,1H3/t7*8-,10-;;;2*5-/m0000000..00/s1/i2D3,3D2,8D,10D;3D2,8D,10D;3D2,6D2,10D;2D3,8D,10D;8D,10D;8D;6D2;2D3;;4D2,5D;3D/t7m;;;m;3-,5+/m0000000..01. The first-order valence-corrected chi connectivity index (χ1v) is 45.0. The molecule has 9 aromatic rings. The summed E-state index contributed by atoms with van der Waals surface area (Å²) >= 11 is 0. The Hall–Kier alpha value is -11.9. The van der Waals surface area contributed by atoms with Crippen LogP contribution in [0.2, 0.25) is 0 Å². The van der Waals surface area contributed by atoms with Crippen LogP contribution in [-0.2, 0) is 207 Å². The van der Waals surface area contributed by atoms with Crippen molar-refractivity contribution in [3.63, 3.8) is 0 Å². The third-order valence-electron chi connectivity index (χ3n) is 23.1. The van der Waals surface area contributed by atoms with E-state index < -0.39 is 185 Å². The normalized spacial score (nSPS) is 35.7. The number of carbonyl (C=O) groups is 9. The molecule has 9 aliphatic rings. The van der Waals surface area contributed by atoms with Crippen molar-refractivity contribution in [2.75, 3.05) is 59.3 Å². The number of aromatic nitrogens is 18. The van der Waals surface area contributed by atoms with Crippen LogP contribution in [0.25, 0.3) is 0 Å². The summed E-state index contributed by atoms with van der Waals surface area (Å²) in [6.45, 7) is 4.36. The first-order valence-electron chi connectivity index (χ1n) is 61.6. The van der Waals surface area contributed by atoms with Gasteiger partial charge in [-0.25, -0.2) is 44.9 Å². The summed E-state index contributed by atoms with van der Waals surface area (Å²) in [6, 6.07) is 0. The highest BCUT2D eigenvalue weighted by Crippen LogP contribution is 2.35. The average Bonchev–Trinajstić information content (AvgIpc) is 1.57. The van der Waals surface area contributed by atoms with Crippen LogP contribution < -0.4 is 0 Å². The third kappa shape index (κ3) is 32.4. The minimum atomic E-state index is -2.51. The molecule has 0 saturated carbocycles. The van der Waals surface area contributed by atoms with Crippen molar-refractivity contribution >= 4 is 53.7 Å². The van der Waals surface area contributed by atoms with Crippen molar-refractivity contribution in [3.05, 3.63) is 164 Å². The van der Waals surface area contributed by atoms with Crippen LogP contribution in [0.5, 0.6) is 0 Å². The van der Waals surface area contributed by atoms with Crippen molar-refractivity contribution < 1.29 is 131 Å². The van der Waals surface area contributed by atoms with Crippen LogP contribution in [0.1, 0.15) is 243 Å². The maximum absolute atomic E-state index is 11.9. The van der Waals surface area contributed by atoms with Crippen molar-refractivity contribution in [3.8, 4) is 0 Å². The summed E-state index contributed by atoms with van der Waals surface area (Å²) < 4.78 is 312. The van der Waals surface area contributed by atoms with Gasteiger partial charge in [0.1, 0.15) is 0 Å². The summed E-state index contributed by atoms with van der Waals surface area (Å²) in [5.74, 6) is -27.4. The number of nitrogens with zero attached hydrogens (tertiary/aromatic N) is 18. The van der Waals surface area contributed by atoms with Crippen LogP contribution in [0.3, 0.4) is 0 Å². The molecule has 137 heavy (non-hydrogen) atoms. The number of ether oxygens (including phenoxy) is 9. The Kier molecular flexibility index (Phi) is 29.3. The smallest absolute Gasteiger partial charge is 0.309 e. The second-order valence-electron chi connectivity index (χ2n) is 32.0.